The average molecular weight is 1290 g/mol. The van der Waals surface area contributed by atoms with Gasteiger partial charge in [-0.2, -0.15) is 8.75 Å². The van der Waals surface area contributed by atoms with Gasteiger partial charge in [-0.25, -0.2) is 0 Å². The molecule has 7 heteroatoms. The van der Waals surface area contributed by atoms with Crippen molar-refractivity contribution in [2.75, 3.05) is 0 Å². The van der Waals surface area contributed by atoms with E-state index in [0.717, 1.165) is 73.5 Å². The van der Waals surface area contributed by atoms with Gasteiger partial charge < -0.3 is 9.90 Å². The molecule has 0 radical (unpaired) electrons. The molecule has 3 aliphatic carbocycles. The van der Waals surface area contributed by atoms with Gasteiger partial charge >= 0.3 is 59.1 Å². The molecule has 14 rings (SSSR count). The van der Waals surface area contributed by atoms with Crippen LogP contribution in [0.1, 0.15) is 223 Å². The number of nitrogens with zero attached hydrogens (tertiary/aromatic N) is 2. The molecule has 474 valence electrons. The molecule has 0 N–H and O–H groups in total. The second-order valence-electron chi connectivity index (χ2n) is 28.4. The van der Waals surface area contributed by atoms with E-state index >= 15 is 0 Å². The first-order valence-corrected chi connectivity index (χ1v) is 36.6. The standard InChI is InChI=1S/C88H93N2O2S.2Na/c1-7-9-11-13-21-25-47-87(48-26-22-14-12-10-8-2)78-54-62(61-33-42-68-69-43-37-65(66-41-32-60(6)85-86(66)90-93-89-85)53-77(69)67(76(68)52-61)27-23-19-17-15-16-18-20-24-28-84(91)92)34-44-70(78)71-45-35-63(55-79(71)87)64-36-46-75-74-40-31-59(5)51-82(74)88(83(75)56-64)80-49-57(3)29-38-72(80)73-39-30-58(4)50-81(73)88;;/h29-46,49-56H,7-28,47-48H2,1-6H3,(H,91,92);;/q-1;2*+1/p-1. The maximum Gasteiger partial charge on any atom is 1.00 e. The first-order chi connectivity index (χ1) is 45.5. The van der Waals surface area contributed by atoms with Crippen LogP contribution in [0.4, 0.5) is 0 Å². The van der Waals surface area contributed by atoms with E-state index in [9.17, 15) is 9.90 Å². The van der Waals surface area contributed by atoms with E-state index in [0.29, 0.717) is 0 Å². The van der Waals surface area contributed by atoms with Crippen molar-refractivity contribution >= 4 is 50.3 Å². The first kappa shape index (κ1) is 69.1. The van der Waals surface area contributed by atoms with Crippen molar-refractivity contribution in [1.29, 1.82) is 0 Å². The zero-order valence-electron chi connectivity index (χ0n) is 58.1. The Labute approximate surface area is 614 Å². The number of rotatable bonds is 28. The number of benzene rings is 9. The summed E-state index contributed by atoms with van der Waals surface area (Å²) in [5.74, 6) is -0.934. The Morgan fingerprint density at radius 3 is 1.25 bits per heavy atom. The Bertz CT molecular complexity index is 4530. The van der Waals surface area contributed by atoms with E-state index in [1.165, 1.54) is 246 Å². The molecule has 1 heterocycles. The van der Waals surface area contributed by atoms with Crippen molar-refractivity contribution in [3.8, 4) is 66.8 Å². The van der Waals surface area contributed by atoms with Gasteiger partial charge in [0.05, 0.1) is 17.1 Å². The minimum absolute atomic E-state index is 0. The summed E-state index contributed by atoms with van der Waals surface area (Å²) in [6, 6.07) is 63.4. The summed E-state index contributed by atoms with van der Waals surface area (Å²) in [5.41, 5.74) is 32.5. The summed E-state index contributed by atoms with van der Waals surface area (Å²) in [7, 11) is 0. The fraction of sp³-hybridized carbons (Fsp3) is 0.364. The number of carbonyl (C=O) groups is 1. The number of aliphatic carboxylic acids is 1. The van der Waals surface area contributed by atoms with Crippen molar-refractivity contribution in [3.63, 3.8) is 0 Å². The molecular weight excluding hydrogens is 1200 g/mol. The molecule has 0 aliphatic heterocycles. The zero-order chi connectivity index (χ0) is 63.8. The first-order valence-electron chi connectivity index (χ1n) is 35.9. The van der Waals surface area contributed by atoms with E-state index in [1.807, 2.05) is 0 Å². The fourth-order valence-electron chi connectivity index (χ4n) is 17.4. The number of hydrogen-bond acceptors (Lipinski definition) is 5. The van der Waals surface area contributed by atoms with Crippen LogP contribution in [0.3, 0.4) is 0 Å². The number of aromatic nitrogens is 2. The van der Waals surface area contributed by atoms with Crippen LogP contribution in [0.15, 0.2) is 158 Å². The molecule has 95 heavy (non-hydrogen) atoms. The Balaban J connectivity index is 0.00000432. The second kappa shape index (κ2) is 30.1. The molecule has 0 saturated carbocycles. The molecule has 0 atom stereocenters. The number of carbonyl (C=O) groups excluding carboxylic acids is 1. The van der Waals surface area contributed by atoms with Gasteiger partial charge in [-0.15, -0.1) is 39.2 Å². The van der Waals surface area contributed by atoms with E-state index in [1.54, 1.807) is 0 Å². The zero-order valence-corrected chi connectivity index (χ0v) is 62.9. The van der Waals surface area contributed by atoms with E-state index in [4.69, 9.17) is 8.75 Å². The van der Waals surface area contributed by atoms with E-state index in [-0.39, 0.29) is 71.0 Å². The van der Waals surface area contributed by atoms with Crippen molar-refractivity contribution in [1.82, 2.24) is 8.75 Å². The van der Waals surface area contributed by atoms with Gasteiger partial charge in [0.15, 0.2) is 0 Å². The van der Waals surface area contributed by atoms with Crippen LogP contribution in [-0.2, 0) is 22.0 Å². The average Bonchev–Trinajstić information content (AvgIpc) is 1.51. The monoisotopic (exact) mass is 1290 g/mol. The van der Waals surface area contributed by atoms with E-state index < -0.39 is 11.4 Å². The second-order valence-corrected chi connectivity index (χ2v) is 28.9. The predicted octanol–water partition coefficient (Wildman–Crippen LogP) is 17.9. The SMILES string of the molecule is CCCCCCCCC1(CCCCCCCC)c2cc(-c3ccc4c(c3)C3(c5cc(C)ccc5-c5ccc(C)cc53)c3cc(C)ccc3-4)ccc2-c2ccc(-c3ccc4c5ccc(-c6ccc(C)c7nsnc67)cc5[c-](CCCCCCCCCCC(=O)[O-])c4c3)cc21.[Na+].[Na+]. The smallest absolute Gasteiger partial charge is 0.550 e. The van der Waals surface area contributed by atoms with Gasteiger partial charge in [0.1, 0.15) is 11.0 Å². The van der Waals surface area contributed by atoms with Crippen molar-refractivity contribution in [3.05, 3.63) is 219 Å². The van der Waals surface area contributed by atoms with Crippen molar-refractivity contribution < 1.29 is 69.0 Å². The van der Waals surface area contributed by atoms with Gasteiger partial charge in [-0.3, -0.25) is 0 Å². The van der Waals surface area contributed by atoms with Gasteiger partial charge in [-0.05, 0) is 160 Å². The number of unbranched alkanes of at least 4 members (excludes halogenated alkanes) is 17. The summed E-state index contributed by atoms with van der Waals surface area (Å²) in [6.07, 6.45) is 27.4. The van der Waals surface area contributed by atoms with E-state index in [2.05, 4.69) is 199 Å². The minimum Gasteiger partial charge on any atom is -0.550 e. The third-order valence-electron chi connectivity index (χ3n) is 22.1. The van der Waals surface area contributed by atoms with Gasteiger partial charge in [0.2, 0.25) is 0 Å². The molecule has 4 nitrogen and oxygen atoms in total. The summed E-state index contributed by atoms with van der Waals surface area (Å²) in [4.78, 5) is 11.0. The maximum atomic E-state index is 11.0. The van der Waals surface area contributed by atoms with Gasteiger partial charge in [0.25, 0.3) is 0 Å². The third kappa shape index (κ3) is 13.0. The molecule has 1 spiro atoms. The van der Waals surface area contributed by atoms with Crippen LogP contribution in [0.25, 0.3) is 99.3 Å². The molecule has 0 amide bonds. The summed E-state index contributed by atoms with van der Waals surface area (Å²) in [6.45, 7) is 13.6. The van der Waals surface area contributed by atoms with Gasteiger partial charge in [0, 0.05) is 16.9 Å². The van der Waals surface area contributed by atoms with Crippen LogP contribution in [0.5, 0.6) is 0 Å². The summed E-state index contributed by atoms with van der Waals surface area (Å²) < 4.78 is 9.55. The molecule has 0 saturated heterocycles. The molecule has 11 aromatic rings. The Kier molecular flexibility index (Phi) is 21.9. The van der Waals surface area contributed by atoms with Crippen LogP contribution < -0.4 is 64.2 Å². The van der Waals surface area contributed by atoms with Crippen LogP contribution in [0, 0.1) is 27.7 Å². The molecule has 1 aromatic heterocycles. The third-order valence-corrected chi connectivity index (χ3v) is 22.7. The van der Waals surface area contributed by atoms with Crippen molar-refractivity contribution in [2.45, 2.75) is 206 Å². The number of hydrogen-bond donors (Lipinski definition) is 0. The Morgan fingerprint density at radius 1 is 0.389 bits per heavy atom. The quantitative estimate of drug-likeness (QED) is 0.0278. The normalized spacial score (nSPS) is 13.4. The van der Waals surface area contributed by atoms with Crippen LogP contribution in [0.2, 0.25) is 0 Å². The Morgan fingerprint density at radius 2 is 0.758 bits per heavy atom. The number of carboxylic acids is 1. The fourth-order valence-corrected chi connectivity index (χ4v) is 18.0. The summed E-state index contributed by atoms with van der Waals surface area (Å²) >= 11 is 1.30. The molecule has 0 fully saturated rings. The van der Waals surface area contributed by atoms with Crippen LogP contribution in [-0.4, -0.2) is 14.7 Å². The summed E-state index contributed by atoms with van der Waals surface area (Å²) in [5, 5.41) is 16.4. The number of carboxylic acid groups (broad SMARTS) is 1. The molecular formula is C88H92N2Na2O2S. The van der Waals surface area contributed by atoms with Gasteiger partial charge in [-0.1, -0.05) is 298 Å². The van der Waals surface area contributed by atoms with Crippen LogP contribution >= 0.6 is 11.7 Å². The maximum absolute atomic E-state index is 11.0. The molecule has 10 aromatic carbocycles. The van der Waals surface area contributed by atoms with Crippen molar-refractivity contribution in [2.24, 2.45) is 0 Å². The molecule has 3 aliphatic rings. The minimum atomic E-state index is -0.934. The molecule has 0 bridgehead atoms. The Hall–Kier alpha value is -5.86. The largest absolute Gasteiger partial charge is 1.00 e. The number of aryl methyl sites for hydroxylation is 5. The topological polar surface area (TPSA) is 65.9 Å². The number of fused-ring (bicyclic) bond motifs is 17. The predicted molar refractivity (Wildman–Crippen MR) is 392 cm³/mol. The molecule has 0 unspecified atom stereocenters.